The van der Waals surface area contributed by atoms with Gasteiger partial charge in [-0.2, -0.15) is 5.10 Å². The summed E-state index contributed by atoms with van der Waals surface area (Å²) >= 11 is 0. The first kappa shape index (κ1) is 26.2. The highest BCUT2D eigenvalue weighted by atomic mass is 16.7. The quantitative estimate of drug-likeness (QED) is 0.197. The normalized spacial score (nSPS) is 15.6. The van der Waals surface area contributed by atoms with E-state index in [4.69, 9.17) is 20.6 Å². The van der Waals surface area contributed by atoms with Gasteiger partial charge in [0.1, 0.15) is 11.9 Å². The maximum absolute atomic E-state index is 13.1. The van der Waals surface area contributed by atoms with Crippen molar-refractivity contribution in [3.05, 3.63) is 77.1 Å². The number of aromatic nitrogens is 2. The summed E-state index contributed by atoms with van der Waals surface area (Å²) in [4.78, 5) is 27.8. The molecule has 2 aromatic carbocycles. The summed E-state index contributed by atoms with van der Waals surface area (Å²) in [7, 11) is 0. The average Bonchev–Trinajstić information content (AvgIpc) is 3.65. The van der Waals surface area contributed by atoms with Crippen LogP contribution < -0.4 is 25.8 Å². The van der Waals surface area contributed by atoms with Crippen molar-refractivity contribution in [2.24, 2.45) is 11.7 Å². The van der Waals surface area contributed by atoms with Gasteiger partial charge in [0.25, 0.3) is 0 Å². The molecule has 0 aliphatic carbocycles. The zero-order valence-corrected chi connectivity index (χ0v) is 21.6. The monoisotopic (exact) mass is 531 g/mol. The maximum atomic E-state index is 13.1. The van der Waals surface area contributed by atoms with Gasteiger partial charge in [-0.25, -0.2) is 0 Å². The van der Waals surface area contributed by atoms with E-state index in [0.29, 0.717) is 36.8 Å². The molecule has 3 aromatic rings. The number of H-pyrrole nitrogens is 1. The number of amides is 2. The van der Waals surface area contributed by atoms with Gasteiger partial charge in [-0.3, -0.25) is 25.4 Å². The van der Waals surface area contributed by atoms with Crippen LogP contribution in [0, 0.1) is 11.3 Å². The van der Waals surface area contributed by atoms with Crippen LogP contribution >= 0.6 is 0 Å². The summed E-state index contributed by atoms with van der Waals surface area (Å²) in [6, 6.07) is 14.3. The number of carbonyl (C=O) groups excluding carboxylic acids is 2. The Morgan fingerprint density at radius 2 is 1.82 bits per heavy atom. The molecular formula is C28H33N7O4. The molecule has 0 radical (unpaired) electrons. The second-order valence-corrected chi connectivity index (χ2v) is 9.87. The fourth-order valence-corrected chi connectivity index (χ4v) is 4.96. The van der Waals surface area contributed by atoms with Crippen molar-refractivity contribution in [1.82, 2.24) is 25.7 Å². The van der Waals surface area contributed by atoms with Crippen molar-refractivity contribution in [2.45, 2.75) is 31.8 Å². The van der Waals surface area contributed by atoms with Crippen LogP contribution in [0.5, 0.6) is 11.5 Å². The number of fused-ring (bicyclic) bond motifs is 1. The number of ether oxygens (including phenoxy) is 2. The number of hydrogen-bond donors (Lipinski definition) is 5. The fraction of sp³-hybridized carbons (Fsp3) is 0.357. The zero-order valence-electron chi connectivity index (χ0n) is 21.6. The Bertz CT molecular complexity index is 1300. The number of nitrogens with one attached hydrogen (secondary N) is 4. The molecule has 1 unspecified atom stereocenters. The van der Waals surface area contributed by atoms with Crippen LogP contribution in [0.25, 0.3) is 0 Å². The van der Waals surface area contributed by atoms with E-state index in [1.54, 1.807) is 24.4 Å². The summed E-state index contributed by atoms with van der Waals surface area (Å²) < 4.78 is 10.9. The Hall–Kier alpha value is -4.38. The SMILES string of the molecule is N=C(N)c1ccc(CNC(C(=O)NCC(=O)N2CCC(Cc3ccc4c(c3)OCO4)CC2)c2ccn[nH]2)cc1. The van der Waals surface area contributed by atoms with Crippen LogP contribution in [0.2, 0.25) is 0 Å². The number of benzene rings is 2. The van der Waals surface area contributed by atoms with E-state index in [1.165, 1.54) is 5.56 Å². The van der Waals surface area contributed by atoms with Gasteiger partial charge >= 0.3 is 0 Å². The summed E-state index contributed by atoms with van der Waals surface area (Å²) in [6.07, 6.45) is 4.34. The number of likely N-dealkylation sites (tertiary alicyclic amines) is 1. The van der Waals surface area contributed by atoms with E-state index in [2.05, 4.69) is 26.9 Å². The number of piperidine rings is 1. The largest absolute Gasteiger partial charge is 0.454 e. The number of rotatable bonds is 10. The molecular weight excluding hydrogens is 498 g/mol. The highest BCUT2D eigenvalue weighted by Crippen LogP contribution is 2.34. The standard InChI is InChI=1S/C28H33N7O4/c29-27(30)21-4-1-19(2-5-21)15-31-26(22-7-10-33-34-22)28(37)32-16-25(36)35-11-8-18(9-12-35)13-20-3-6-23-24(14-20)39-17-38-23/h1-7,10,14,18,26,31H,8-9,11-13,15-17H2,(H3,29,30)(H,32,37)(H,33,34). The fourth-order valence-electron chi connectivity index (χ4n) is 4.96. The van der Waals surface area contributed by atoms with Crippen molar-refractivity contribution >= 4 is 17.6 Å². The molecule has 3 heterocycles. The molecule has 1 atom stereocenters. The summed E-state index contributed by atoms with van der Waals surface area (Å²) in [5.74, 6) is 1.67. The number of amidine groups is 1. The number of nitrogens with two attached hydrogens (primary N) is 1. The van der Waals surface area contributed by atoms with Gasteiger partial charge in [-0.05, 0) is 54.5 Å². The predicted molar refractivity (Wildman–Crippen MR) is 144 cm³/mol. The van der Waals surface area contributed by atoms with E-state index in [0.717, 1.165) is 36.3 Å². The molecule has 5 rings (SSSR count). The van der Waals surface area contributed by atoms with E-state index in [1.807, 2.05) is 29.2 Å². The van der Waals surface area contributed by atoms with Crippen LogP contribution in [0.1, 0.15) is 41.3 Å². The first-order valence-corrected chi connectivity index (χ1v) is 13.1. The molecule has 204 valence electrons. The molecule has 39 heavy (non-hydrogen) atoms. The molecule has 1 fully saturated rings. The Balaban J connectivity index is 1.09. The van der Waals surface area contributed by atoms with E-state index >= 15 is 0 Å². The lowest BCUT2D eigenvalue weighted by Gasteiger charge is -2.32. The van der Waals surface area contributed by atoms with E-state index in [-0.39, 0.29) is 31.0 Å². The third-order valence-corrected chi connectivity index (χ3v) is 7.21. The average molecular weight is 532 g/mol. The Morgan fingerprint density at radius 3 is 2.54 bits per heavy atom. The topological polar surface area (TPSA) is 158 Å². The molecule has 11 nitrogen and oxygen atoms in total. The van der Waals surface area contributed by atoms with E-state index < -0.39 is 6.04 Å². The highest BCUT2D eigenvalue weighted by molar-refractivity contribution is 5.94. The van der Waals surface area contributed by atoms with Gasteiger partial charge in [0.2, 0.25) is 18.6 Å². The van der Waals surface area contributed by atoms with Crippen LogP contribution in [0.15, 0.2) is 54.7 Å². The Labute approximate surface area is 226 Å². The first-order chi connectivity index (χ1) is 19.0. The molecule has 2 amide bonds. The number of nitrogen functional groups attached to an aromatic ring is 1. The molecule has 1 saturated heterocycles. The van der Waals surface area contributed by atoms with Crippen LogP contribution in [0.4, 0.5) is 0 Å². The van der Waals surface area contributed by atoms with Crippen molar-refractivity contribution in [1.29, 1.82) is 5.41 Å². The van der Waals surface area contributed by atoms with Gasteiger partial charge in [0, 0.05) is 31.4 Å². The first-order valence-electron chi connectivity index (χ1n) is 13.1. The van der Waals surface area contributed by atoms with Crippen LogP contribution in [0.3, 0.4) is 0 Å². The summed E-state index contributed by atoms with van der Waals surface area (Å²) in [5, 5.41) is 20.3. The van der Waals surface area contributed by atoms with Gasteiger partial charge in [-0.1, -0.05) is 30.3 Å². The molecule has 1 aromatic heterocycles. The Morgan fingerprint density at radius 1 is 1.08 bits per heavy atom. The number of nitrogens with zero attached hydrogens (tertiary/aromatic N) is 2. The number of aromatic amines is 1. The third kappa shape index (κ3) is 6.55. The second kappa shape index (κ2) is 12.0. The van der Waals surface area contributed by atoms with E-state index in [9.17, 15) is 9.59 Å². The zero-order chi connectivity index (χ0) is 27.2. The Kier molecular flexibility index (Phi) is 8.07. The van der Waals surface area contributed by atoms with Gasteiger partial charge in [-0.15, -0.1) is 0 Å². The smallest absolute Gasteiger partial charge is 0.243 e. The van der Waals surface area contributed by atoms with Crippen LogP contribution in [-0.4, -0.2) is 59.2 Å². The lowest BCUT2D eigenvalue weighted by molar-refractivity contribution is -0.134. The molecule has 6 N–H and O–H groups in total. The van der Waals surface area contributed by atoms with Crippen LogP contribution in [-0.2, 0) is 22.6 Å². The lowest BCUT2D eigenvalue weighted by atomic mass is 9.90. The summed E-state index contributed by atoms with van der Waals surface area (Å²) in [6.45, 7) is 1.95. The molecule has 0 saturated carbocycles. The predicted octanol–water partition coefficient (Wildman–Crippen LogP) is 1.85. The minimum atomic E-state index is -0.708. The lowest BCUT2D eigenvalue weighted by Crippen LogP contribution is -2.46. The molecule has 11 heteroatoms. The molecule has 2 aliphatic rings. The van der Waals surface area contributed by atoms with Crippen molar-refractivity contribution < 1.29 is 19.1 Å². The maximum Gasteiger partial charge on any atom is 0.243 e. The number of hydrogen-bond acceptors (Lipinski definition) is 7. The second-order valence-electron chi connectivity index (χ2n) is 9.87. The molecule has 0 bridgehead atoms. The molecule has 0 spiro atoms. The minimum Gasteiger partial charge on any atom is -0.454 e. The summed E-state index contributed by atoms with van der Waals surface area (Å²) in [5.41, 5.74) is 8.90. The van der Waals surface area contributed by atoms with Crippen molar-refractivity contribution in [3.8, 4) is 11.5 Å². The molecule has 2 aliphatic heterocycles. The highest BCUT2D eigenvalue weighted by Gasteiger charge is 2.26. The van der Waals surface area contributed by atoms with Gasteiger partial charge < -0.3 is 25.4 Å². The van der Waals surface area contributed by atoms with Crippen molar-refractivity contribution in [3.63, 3.8) is 0 Å². The van der Waals surface area contributed by atoms with Gasteiger partial charge in [0.05, 0.1) is 12.2 Å². The van der Waals surface area contributed by atoms with Gasteiger partial charge in [0.15, 0.2) is 11.5 Å². The number of carbonyl (C=O) groups is 2. The minimum absolute atomic E-state index is 0.00261. The third-order valence-electron chi connectivity index (χ3n) is 7.21. The van der Waals surface area contributed by atoms with Crippen molar-refractivity contribution in [2.75, 3.05) is 26.4 Å².